The van der Waals surface area contributed by atoms with Gasteiger partial charge in [-0.2, -0.15) is 4.98 Å². The van der Waals surface area contributed by atoms with Crippen LogP contribution in [0.2, 0.25) is 0 Å². The Kier molecular flexibility index (Phi) is 3.89. The van der Waals surface area contributed by atoms with E-state index < -0.39 is 0 Å². The molecule has 0 amide bonds. The van der Waals surface area contributed by atoms with E-state index in [1.54, 1.807) is 0 Å². The van der Waals surface area contributed by atoms with Crippen LogP contribution in [0.3, 0.4) is 0 Å². The number of Topliss-reactive ketones (excluding diaryl/α,β-unsaturated/α-hetero) is 1. The Bertz CT molecular complexity index is 381. The van der Waals surface area contributed by atoms with Crippen LogP contribution in [0.25, 0.3) is 0 Å². The van der Waals surface area contributed by atoms with Crippen LogP contribution in [0.1, 0.15) is 31.5 Å². The van der Waals surface area contributed by atoms with Crippen LogP contribution in [-0.4, -0.2) is 41.0 Å². The average molecular weight is 237 g/mol. The zero-order valence-electron chi connectivity index (χ0n) is 10.5. The van der Waals surface area contributed by atoms with Crippen molar-refractivity contribution in [3.05, 3.63) is 11.7 Å². The second kappa shape index (κ2) is 5.40. The topological polar surface area (TPSA) is 59.2 Å². The number of nitrogens with zero attached hydrogens (tertiary/aromatic N) is 3. The number of piperidine rings is 1. The van der Waals surface area contributed by atoms with Gasteiger partial charge in [0.1, 0.15) is 5.78 Å². The molecule has 5 heteroatoms. The van der Waals surface area contributed by atoms with Crippen molar-refractivity contribution in [2.45, 2.75) is 32.6 Å². The van der Waals surface area contributed by atoms with E-state index in [0.29, 0.717) is 11.8 Å². The molecule has 0 aliphatic carbocycles. The molecule has 0 radical (unpaired) electrons. The summed E-state index contributed by atoms with van der Waals surface area (Å²) in [4.78, 5) is 17.5. The monoisotopic (exact) mass is 237 g/mol. The summed E-state index contributed by atoms with van der Waals surface area (Å²) in [5.41, 5.74) is 0. The fourth-order valence-corrected chi connectivity index (χ4v) is 2.18. The quantitative estimate of drug-likeness (QED) is 0.784. The van der Waals surface area contributed by atoms with Crippen molar-refractivity contribution in [2.24, 2.45) is 5.92 Å². The van der Waals surface area contributed by atoms with Gasteiger partial charge in [0.15, 0.2) is 5.82 Å². The van der Waals surface area contributed by atoms with Gasteiger partial charge in [-0.25, -0.2) is 0 Å². The molecule has 1 aliphatic heterocycles. The predicted molar refractivity (Wildman–Crippen MR) is 62.6 cm³/mol. The lowest BCUT2D eigenvalue weighted by Gasteiger charge is -2.27. The minimum absolute atomic E-state index is 0.0551. The normalized spacial score (nSPS) is 18.5. The maximum atomic E-state index is 10.9. The lowest BCUT2D eigenvalue weighted by atomic mass is 9.94. The second-order valence-electron chi connectivity index (χ2n) is 4.93. The van der Waals surface area contributed by atoms with E-state index in [-0.39, 0.29) is 12.2 Å². The molecule has 2 heterocycles. The smallest absolute Gasteiger partial charge is 0.234 e. The molecule has 1 aromatic rings. The summed E-state index contributed by atoms with van der Waals surface area (Å²) >= 11 is 0. The van der Waals surface area contributed by atoms with Gasteiger partial charge in [-0.05, 0) is 45.8 Å². The summed E-state index contributed by atoms with van der Waals surface area (Å²) < 4.78 is 5.05. The zero-order chi connectivity index (χ0) is 12.3. The maximum Gasteiger partial charge on any atom is 0.234 e. The van der Waals surface area contributed by atoms with Crippen molar-refractivity contribution in [3.63, 3.8) is 0 Å². The number of hydrogen-bond donors (Lipinski definition) is 0. The highest BCUT2D eigenvalue weighted by Gasteiger charge is 2.19. The number of aromatic nitrogens is 2. The number of likely N-dealkylation sites (tertiary alicyclic amines) is 1. The molecule has 94 valence electrons. The Labute approximate surface area is 101 Å². The summed E-state index contributed by atoms with van der Waals surface area (Å²) in [6, 6.07) is 0. The van der Waals surface area contributed by atoms with Gasteiger partial charge in [-0.1, -0.05) is 5.16 Å². The second-order valence-corrected chi connectivity index (χ2v) is 4.93. The van der Waals surface area contributed by atoms with E-state index in [2.05, 4.69) is 22.1 Å². The van der Waals surface area contributed by atoms with E-state index in [0.717, 1.165) is 25.3 Å². The summed E-state index contributed by atoms with van der Waals surface area (Å²) in [5, 5.41) is 3.93. The standard InChI is InChI=1S/C12H19N3O2/c1-9(16)7-12-13-11(14-17-12)8-10-3-5-15(2)6-4-10/h10H,3-8H2,1-2H3. The van der Waals surface area contributed by atoms with Gasteiger partial charge in [-0.15, -0.1) is 0 Å². The van der Waals surface area contributed by atoms with Gasteiger partial charge in [0.05, 0.1) is 6.42 Å². The molecular formula is C12H19N3O2. The Morgan fingerprint density at radius 3 is 2.82 bits per heavy atom. The van der Waals surface area contributed by atoms with Gasteiger partial charge < -0.3 is 9.42 Å². The molecular weight excluding hydrogens is 218 g/mol. The molecule has 1 fully saturated rings. The van der Waals surface area contributed by atoms with Gasteiger partial charge >= 0.3 is 0 Å². The Morgan fingerprint density at radius 2 is 2.18 bits per heavy atom. The third kappa shape index (κ3) is 3.63. The summed E-state index contributed by atoms with van der Waals surface area (Å²) in [6.45, 7) is 3.81. The van der Waals surface area contributed by atoms with Crippen LogP contribution < -0.4 is 0 Å². The number of carbonyl (C=O) groups excluding carboxylic acids is 1. The minimum atomic E-state index is 0.0551. The Balaban J connectivity index is 1.86. The molecule has 1 saturated heterocycles. The fourth-order valence-electron chi connectivity index (χ4n) is 2.18. The highest BCUT2D eigenvalue weighted by atomic mass is 16.5. The van der Waals surface area contributed by atoms with E-state index in [9.17, 15) is 4.79 Å². The van der Waals surface area contributed by atoms with Crippen molar-refractivity contribution in [3.8, 4) is 0 Å². The molecule has 1 aliphatic rings. The largest absolute Gasteiger partial charge is 0.339 e. The molecule has 0 saturated carbocycles. The number of carbonyl (C=O) groups is 1. The third-order valence-corrected chi connectivity index (χ3v) is 3.22. The molecule has 0 unspecified atom stereocenters. The van der Waals surface area contributed by atoms with Crippen LogP contribution in [-0.2, 0) is 17.6 Å². The van der Waals surface area contributed by atoms with E-state index >= 15 is 0 Å². The Morgan fingerprint density at radius 1 is 1.47 bits per heavy atom. The van der Waals surface area contributed by atoms with Crippen molar-refractivity contribution in [1.82, 2.24) is 15.0 Å². The zero-order valence-corrected chi connectivity index (χ0v) is 10.5. The molecule has 2 rings (SSSR count). The van der Waals surface area contributed by atoms with Crippen LogP contribution >= 0.6 is 0 Å². The average Bonchev–Trinajstić information content (AvgIpc) is 2.68. The number of rotatable bonds is 4. The molecule has 1 aromatic heterocycles. The van der Waals surface area contributed by atoms with E-state index in [1.807, 2.05) is 0 Å². The lowest BCUT2D eigenvalue weighted by Crippen LogP contribution is -2.31. The predicted octanol–water partition coefficient (Wildman–Crippen LogP) is 1.09. The van der Waals surface area contributed by atoms with Crippen LogP contribution in [0.5, 0.6) is 0 Å². The van der Waals surface area contributed by atoms with Crippen LogP contribution in [0.15, 0.2) is 4.52 Å². The summed E-state index contributed by atoms with van der Waals surface area (Å²) in [5.74, 6) is 1.89. The first-order valence-electron chi connectivity index (χ1n) is 6.13. The number of hydrogen-bond acceptors (Lipinski definition) is 5. The van der Waals surface area contributed by atoms with Crippen LogP contribution in [0, 0.1) is 5.92 Å². The van der Waals surface area contributed by atoms with Gasteiger partial charge in [0.25, 0.3) is 0 Å². The van der Waals surface area contributed by atoms with Crippen molar-refractivity contribution >= 4 is 5.78 Å². The molecule has 17 heavy (non-hydrogen) atoms. The van der Waals surface area contributed by atoms with Gasteiger partial charge in [0, 0.05) is 6.42 Å². The summed E-state index contributed by atoms with van der Waals surface area (Å²) in [7, 11) is 2.15. The molecule has 5 nitrogen and oxygen atoms in total. The van der Waals surface area contributed by atoms with Crippen LogP contribution in [0.4, 0.5) is 0 Å². The lowest BCUT2D eigenvalue weighted by molar-refractivity contribution is -0.116. The summed E-state index contributed by atoms with van der Waals surface area (Å²) in [6.07, 6.45) is 3.50. The van der Waals surface area contributed by atoms with Gasteiger partial charge in [-0.3, -0.25) is 4.79 Å². The van der Waals surface area contributed by atoms with Crippen molar-refractivity contribution < 1.29 is 9.32 Å². The molecule has 0 atom stereocenters. The molecule has 0 N–H and O–H groups in total. The van der Waals surface area contributed by atoms with Crippen molar-refractivity contribution in [1.29, 1.82) is 0 Å². The maximum absolute atomic E-state index is 10.9. The SMILES string of the molecule is CC(=O)Cc1nc(CC2CCN(C)CC2)no1. The Hall–Kier alpha value is -1.23. The van der Waals surface area contributed by atoms with Gasteiger partial charge in [0.2, 0.25) is 5.89 Å². The third-order valence-electron chi connectivity index (χ3n) is 3.22. The fraction of sp³-hybridized carbons (Fsp3) is 0.750. The molecule has 0 aromatic carbocycles. The molecule has 0 bridgehead atoms. The van der Waals surface area contributed by atoms with E-state index in [1.165, 1.54) is 19.8 Å². The highest BCUT2D eigenvalue weighted by Crippen LogP contribution is 2.19. The molecule has 0 spiro atoms. The first-order chi connectivity index (χ1) is 8.13. The number of ketones is 1. The van der Waals surface area contributed by atoms with Crippen molar-refractivity contribution in [2.75, 3.05) is 20.1 Å². The highest BCUT2D eigenvalue weighted by molar-refractivity contribution is 5.77. The first-order valence-corrected chi connectivity index (χ1v) is 6.13. The minimum Gasteiger partial charge on any atom is -0.339 e. The van der Waals surface area contributed by atoms with E-state index in [4.69, 9.17) is 4.52 Å². The first kappa shape index (κ1) is 12.2.